The molecule has 0 aliphatic carbocycles. The second kappa shape index (κ2) is 6.26. The molecule has 0 amide bonds. The van der Waals surface area contributed by atoms with Gasteiger partial charge in [-0.3, -0.25) is 0 Å². The quantitative estimate of drug-likeness (QED) is 0.854. The zero-order valence-electron chi connectivity index (χ0n) is 11.2. The van der Waals surface area contributed by atoms with Crippen LogP contribution in [0.25, 0.3) is 0 Å². The molecule has 2 heterocycles. The number of ether oxygens (including phenoxy) is 2. The van der Waals surface area contributed by atoms with Crippen molar-refractivity contribution in [3.05, 3.63) is 11.7 Å². The minimum absolute atomic E-state index is 0.196. The van der Waals surface area contributed by atoms with Crippen LogP contribution >= 0.6 is 0 Å². The molecule has 0 radical (unpaired) electrons. The molecule has 1 aromatic rings. The molecular weight excluding hydrogens is 234 g/mol. The van der Waals surface area contributed by atoms with Crippen molar-refractivity contribution < 1.29 is 14.0 Å². The normalized spacial score (nSPS) is 23.8. The van der Waals surface area contributed by atoms with Gasteiger partial charge in [0.1, 0.15) is 6.10 Å². The van der Waals surface area contributed by atoms with Gasteiger partial charge in [0.15, 0.2) is 0 Å². The van der Waals surface area contributed by atoms with Crippen LogP contribution in [0.2, 0.25) is 0 Å². The Hall–Kier alpha value is -0.980. The smallest absolute Gasteiger partial charge is 0.231 e. The first kappa shape index (κ1) is 13.5. The Morgan fingerprint density at radius 3 is 2.89 bits per heavy atom. The molecule has 3 unspecified atom stereocenters. The van der Waals surface area contributed by atoms with Gasteiger partial charge in [0, 0.05) is 6.04 Å². The molecule has 1 N–H and O–H groups in total. The van der Waals surface area contributed by atoms with Crippen LogP contribution in [0, 0.1) is 0 Å². The third-order valence-electron chi connectivity index (χ3n) is 3.38. The summed E-state index contributed by atoms with van der Waals surface area (Å²) in [5, 5.41) is 7.23. The number of likely N-dealkylation sites (N-methyl/N-ethyl adjacent to an activating group) is 1. The van der Waals surface area contributed by atoms with Crippen LogP contribution in [0.4, 0.5) is 0 Å². The van der Waals surface area contributed by atoms with Gasteiger partial charge in [0.2, 0.25) is 11.7 Å². The summed E-state index contributed by atoms with van der Waals surface area (Å²) in [6.07, 6.45) is 0.754. The van der Waals surface area contributed by atoms with Gasteiger partial charge in [0.25, 0.3) is 0 Å². The molecule has 6 heteroatoms. The maximum Gasteiger partial charge on any atom is 0.231 e. The maximum atomic E-state index is 5.55. The summed E-state index contributed by atoms with van der Waals surface area (Å²) in [5.74, 6) is 1.48. The second-order valence-corrected chi connectivity index (χ2v) is 4.52. The van der Waals surface area contributed by atoms with Crippen molar-refractivity contribution in [2.45, 2.75) is 38.3 Å². The van der Waals surface area contributed by atoms with Gasteiger partial charge in [-0.05, 0) is 20.4 Å². The van der Waals surface area contributed by atoms with Crippen molar-refractivity contribution in [2.75, 3.05) is 26.9 Å². The summed E-state index contributed by atoms with van der Waals surface area (Å²) < 4.78 is 16.3. The number of hydrogen-bond donors (Lipinski definition) is 1. The number of aromatic nitrogens is 2. The largest absolute Gasteiger partial charge is 0.376 e. The van der Waals surface area contributed by atoms with Crippen LogP contribution in [0.3, 0.4) is 0 Å². The molecule has 1 aliphatic heterocycles. The van der Waals surface area contributed by atoms with Crippen LogP contribution in [0.1, 0.15) is 44.0 Å². The van der Waals surface area contributed by atoms with Gasteiger partial charge in [-0.1, -0.05) is 12.1 Å². The molecule has 102 valence electrons. The molecule has 1 aliphatic rings. The predicted octanol–water partition coefficient (Wildman–Crippen LogP) is 1.26. The number of nitrogens with one attached hydrogen (secondary N) is 1. The summed E-state index contributed by atoms with van der Waals surface area (Å²) >= 11 is 0. The summed E-state index contributed by atoms with van der Waals surface area (Å²) in [6.45, 7) is 5.94. The van der Waals surface area contributed by atoms with E-state index in [9.17, 15) is 0 Å². The molecule has 1 aromatic heterocycles. The topological polar surface area (TPSA) is 69.4 Å². The van der Waals surface area contributed by atoms with Crippen LogP contribution in [-0.2, 0) is 9.47 Å². The van der Waals surface area contributed by atoms with Gasteiger partial charge in [-0.25, -0.2) is 0 Å². The summed E-state index contributed by atoms with van der Waals surface area (Å²) in [7, 11) is 1.93. The molecule has 3 atom stereocenters. The molecule has 1 fully saturated rings. The maximum absolute atomic E-state index is 5.55. The fraction of sp³-hybridized carbons (Fsp3) is 0.833. The molecule has 0 saturated carbocycles. The first-order valence-electron chi connectivity index (χ1n) is 6.46. The third kappa shape index (κ3) is 2.88. The Bertz CT molecular complexity index is 363. The highest BCUT2D eigenvalue weighted by Crippen LogP contribution is 2.24. The van der Waals surface area contributed by atoms with Gasteiger partial charge in [-0.2, -0.15) is 4.98 Å². The standard InChI is InChI=1S/C12H21N3O3/c1-4-9(8(2)13-3)12-14-11(15-18-12)10-7-16-5-6-17-10/h8-10,13H,4-7H2,1-3H3. The number of hydrogen-bond acceptors (Lipinski definition) is 6. The van der Waals surface area contributed by atoms with Crippen LogP contribution in [0.15, 0.2) is 4.52 Å². The minimum atomic E-state index is -0.196. The second-order valence-electron chi connectivity index (χ2n) is 4.52. The third-order valence-corrected chi connectivity index (χ3v) is 3.38. The molecule has 18 heavy (non-hydrogen) atoms. The van der Waals surface area contributed by atoms with E-state index in [1.807, 2.05) is 7.05 Å². The van der Waals surface area contributed by atoms with Crippen molar-refractivity contribution in [3.8, 4) is 0 Å². The van der Waals surface area contributed by atoms with Gasteiger partial charge >= 0.3 is 0 Å². The van der Waals surface area contributed by atoms with E-state index in [2.05, 4.69) is 29.3 Å². The Labute approximate surface area is 107 Å². The van der Waals surface area contributed by atoms with Crippen molar-refractivity contribution >= 4 is 0 Å². The first-order valence-corrected chi connectivity index (χ1v) is 6.46. The van der Waals surface area contributed by atoms with E-state index in [-0.39, 0.29) is 12.0 Å². The Morgan fingerprint density at radius 2 is 2.28 bits per heavy atom. The van der Waals surface area contributed by atoms with Crippen LogP contribution < -0.4 is 5.32 Å². The molecule has 6 nitrogen and oxygen atoms in total. The van der Waals surface area contributed by atoms with Crippen molar-refractivity contribution in [2.24, 2.45) is 0 Å². The highest BCUT2D eigenvalue weighted by Gasteiger charge is 2.26. The fourth-order valence-corrected chi connectivity index (χ4v) is 2.11. The van der Waals surface area contributed by atoms with E-state index in [1.165, 1.54) is 0 Å². The molecule has 0 spiro atoms. The summed E-state index contributed by atoms with van der Waals surface area (Å²) in [5.41, 5.74) is 0. The van der Waals surface area contributed by atoms with Gasteiger partial charge in [-0.15, -0.1) is 0 Å². The average Bonchev–Trinajstić information content (AvgIpc) is 2.90. The molecular formula is C12H21N3O3. The zero-order chi connectivity index (χ0) is 13.0. The Kier molecular flexibility index (Phi) is 4.68. The lowest BCUT2D eigenvalue weighted by molar-refractivity contribution is -0.0941. The highest BCUT2D eigenvalue weighted by molar-refractivity contribution is 5.00. The lowest BCUT2D eigenvalue weighted by atomic mass is 9.98. The Morgan fingerprint density at radius 1 is 1.44 bits per heavy atom. The minimum Gasteiger partial charge on any atom is -0.376 e. The van der Waals surface area contributed by atoms with E-state index in [0.29, 0.717) is 37.6 Å². The van der Waals surface area contributed by atoms with Crippen molar-refractivity contribution in [3.63, 3.8) is 0 Å². The van der Waals surface area contributed by atoms with Crippen molar-refractivity contribution in [1.29, 1.82) is 0 Å². The molecule has 0 aromatic carbocycles. The zero-order valence-corrected chi connectivity index (χ0v) is 11.2. The average molecular weight is 255 g/mol. The number of nitrogens with zero attached hydrogens (tertiary/aromatic N) is 2. The van der Waals surface area contributed by atoms with E-state index >= 15 is 0 Å². The van der Waals surface area contributed by atoms with Crippen LogP contribution in [0.5, 0.6) is 0 Å². The van der Waals surface area contributed by atoms with Gasteiger partial charge < -0.3 is 19.3 Å². The summed E-state index contributed by atoms with van der Waals surface area (Å²) in [4.78, 5) is 4.45. The Balaban J connectivity index is 2.08. The monoisotopic (exact) mass is 255 g/mol. The number of rotatable bonds is 5. The molecule has 2 rings (SSSR count). The van der Waals surface area contributed by atoms with Crippen LogP contribution in [-0.4, -0.2) is 43.1 Å². The summed E-state index contributed by atoms with van der Waals surface area (Å²) in [6, 6.07) is 0.298. The lowest BCUT2D eigenvalue weighted by Gasteiger charge is -2.20. The molecule has 1 saturated heterocycles. The molecule has 0 bridgehead atoms. The SMILES string of the molecule is CCC(c1nc(C2COCCO2)no1)C(C)NC. The fourth-order valence-electron chi connectivity index (χ4n) is 2.11. The van der Waals surface area contributed by atoms with E-state index < -0.39 is 0 Å². The van der Waals surface area contributed by atoms with Crippen molar-refractivity contribution in [1.82, 2.24) is 15.5 Å². The van der Waals surface area contributed by atoms with E-state index in [4.69, 9.17) is 14.0 Å². The highest BCUT2D eigenvalue weighted by atomic mass is 16.6. The predicted molar refractivity (Wildman–Crippen MR) is 65.4 cm³/mol. The lowest BCUT2D eigenvalue weighted by Crippen LogP contribution is -2.29. The van der Waals surface area contributed by atoms with E-state index in [0.717, 1.165) is 6.42 Å². The van der Waals surface area contributed by atoms with Gasteiger partial charge in [0.05, 0.1) is 25.7 Å². The van der Waals surface area contributed by atoms with E-state index in [1.54, 1.807) is 0 Å². The first-order chi connectivity index (χ1) is 8.76.